The molecule has 1 N–H and O–H groups in total. The fraction of sp³-hybridized carbons (Fsp3) is 0.364. The normalized spacial score (nSPS) is 13.3. The molecule has 0 spiro atoms. The quantitative estimate of drug-likeness (QED) is 0.861. The van der Waals surface area contributed by atoms with Crippen molar-refractivity contribution in [2.45, 2.75) is 30.8 Å². The fourth-order valence-corrected chi connectivity index (χ4v) is 3.11. The predicted octanol–water partition coefficient (Wildman–Crippen LogP) is 1.08. The first kappa shape index (κ1) is 14.9. The molecule has 2 rings (SSSR count). The number of nitrogens with zero attached hydrogens (tertiary/aromatic N) is 4. The number of hydrogen-bond donors (Lipinski definition) is 1. The van der Waals surface area contributed by atoms with Gasteiger partial charge in [0.15, 0.2) is 0 Å². The summed E-state index contributed by atoms with van der Waals surface area (Å²) in [5, 5.41) is 4.24. The average molecular weight is 316 g/mol. The lowest BCUT2D eigenvalue weighted by molar-refractivity contribution is 0.494. The Labute approximate surface area is 122 Å². The van der Waals surface area contributed by atoms with Gasteiger partial charge in [-0.1, -0.05) is 11.6 Å². The second kappa shape index (κ2) is 6.29. The van der Waals surface area contributed by atoms with Crippen LogP contribution in [0.15, 0.2) is 36.0 Å². The highest BCUT2D eigenvalue weighted by Crippen LogP contribution is 2.14. The van der Waals surface area contributed by atoms with Crippen LogP contribution in [0.1, 0.15) is 13.3 Å². The summed E-state index contributed by atoms with van der Waals surface area (Å²) in [5.41, 5.74) is 0. The van der Waals surface area contributed by atoms with Gasteiger partial charge < -0.3 is 0 Å². The van der Waals surface area contributed by atoms with Gasteiger partial charge in [-0.3, -0.25) is 9.67 Å². The first-order valence-electron chi connectivity index (χ1n) is 5.92. The number of aromatic nitrogens is 4. The van der Waals surface area contributed by atoms with Crippen molar-refractivity contribution in [2.75, 3.05) is 0 Å². The van der Waals surface area contributed by atoms with E-state index in [9.17, 15) is 8.42 Å². The minimum Gasteiger partial charge on any atom is -0.262 e. The van der Waals surface area contributed by atoms with Crippen molar-refractivity contribution < 1.29 is 8.42 Å². The van der Waals surface area contributed by atoms with E-state index in [1.54, 1.807) is 17.9 Å². The molecule has 0 saturated carbocycles. The van der Waals surface area contributed by atoms with Crippen LogP contribution in [0, 0.1) is 0 Å². The SMILES string of the molecule is C[C@@H](CCn1cncn1)NS(=O)(=O)c1cncc(Cl)c1. The minimum atomic E-state index is -3.62. The molecular formula is C11H14ClN5O2S. The van der Waals surface area contributed by atoms with E-state index in [-0.39, 0.29) is 16.0 Å². The zero-order valence-corrected chi connectivity index (χ0v) is 12.3. The monoisotopic (exact) mass is 315 g/mol. The Kier molecular flexibility index (Phi) is 4.69. The highest BCUT2D eigenvalue weighted by Gasteiger charge is 2.18. The van der Waals surface area contributed by atoms with Crippen LogP contribution in [0.25, 0.3) is 0 Å². The van der Waals surface area contributed by atoms with Gasteiger partial charge >= 0.3 is 0 Å². The van der Waals surface area contributed by atoms with Gasteiger partial charge in [-0.2, -0.15) is 5.10 Å². The van der Waals surface area contributed by atoms with Crippen LogP contribution in [0.4, 0.5) is 0 Å². The molecule has 0 amide bonds. The third kappa shape index (κ3) is 3.99. The van der Waals surface area contributed by atoms with E-state index in [4.69, 9.17) is 11.6 Å². The van der Waals surface area contributed by atoms with E-state index >= 15 is 0 Å². The van der Waals surface area contributed by atoms with Crippen LogP contribution in [-0.4, -0.2) is 34.2 Å². The van der Waals surface area contributed by atoms with Crippen molar-refractivity contribution >= 4 is 21.6 Å². The lowest BCUT2D eigenvalue weighted by Gasteiger charge is -2.14. The second-order valence-corrected chi connectivity index (χ2v) is 6.46. The van der Waals surface area contributed by atoms with Crippen LogP contribution in [0.3, 0.4) is 0 Å². The van der Waals surface area contributed by atoms with E-state index in [1.165, 1.54) is 24.8 Å². The van der Waals surface area contributed by atoms with Crippen LogP contribution < -0.4 is 4.72 Å². The molecule has 0 aliphatic heterocycles. The van der Waals surface area contributed by atoms with Gasteiger partial charge in [0.1, 0.15) is 17.6 Å². The summed E-state index contributed by atoms with van der Waals surface area (Å²) >= 11 is 5.74. The van der Waals surface area contributed by atoms with Crippen molar-refractivity contribution in [3.05, 3.63) is 36.1 Å². The fourth-order valence-electron chi connectivity index (χ4n) is 1.61. The lowest BCUT2D eigenvalue weighted by atomic mass is 10.2. The summed E-state index contributed by atoms with van der Waals surface area (Å²) in [6.07, 6.45) is 6.26. The molecule has 0 aliphatic carbocycles. The first-order valence-corrected chi connectivity index (χ1v) is 7.79. The summed E-state index contributed by atoms with van der Waals surface area (Å²) in [5.74, 6) is 0. The van der Waals surface area contributed by atoms with Crippen molar-refractivity contribution in [3.63, 3.8) is 0 Å². The Morgan fingerprint density at radius 2 is 2.20 bits per heavy atom. The lowest BCUT2D eigenvalue weighted by Crippen LogP contribution is -2.33. The molecule has 108 valence electrons. The highest BCUT2D eigenvalue weighted by molar-refractivity contribution is 7.89. The molecule has 20 heavy (non-hydrogen) atoms. The molecule has 1 atom stereocenters. The van der Waals surface area contributed by atoms with Crippen molar-refractivity contribution in [1.29, 1.82) is 0 Å². The Morgan fingerprint density at radius 1 is 1.40 bits per heavy atom. The van der Waals surface area contributed by atoms with E-state index in [2.05, 4.69) is 19.8 Å². The summed E-state index contributed by atoms with van der Waals surface area (Å²) in [6.45, 7) is 2.37. The molecule has 2 aromatic rings. The molecular weight excluding hydrogens is 302 g/mol. The van der Waals surface area contributed by atoms with Crippen LogP contribution in [0.2, 0.25) is 5.02 Å². The molecule has 9 heteroatoms. The smallest absolute Gasteiger partial charge is 0.242 e. The van der Waals surface area contributed by atoms with Gasteiger partial charge in [-0.05, 0) is 19.4 Å². The topological polar surface area (TPSA) is 89.8 Å². The molecule has 0 fully saturated rings. The Morgan fingerprint density at radius 3 is 2.85 bits per heavy atom. The standard InChI is InChI=1S/C11H14ClN5O2S/c1-9(2-3-17-8-14-7-15-17)16-20(18,19)11-4-10(12)5-13-6-11/h4-9,16H,2-3H2,1H3/t9-/m0/s1. The third-order valence-corrected chi connectivity index (χ3v) is 4.37. The molecule has 2 heterocycles. The van der Waals surface area contributed by atoms with Crippen molar-refractivity contribution in [2.24, 2.45) is 0 Å². The molecule has 2 aromatic heterocycles. The van der Waals surface area contributed by atoms with Crippen molar-refractivity contribution in [1.82, 2.24) is 24.5 Å². The predicted molar refractivity (Wildman–Crippen MR) is 73.7 cm³/mol. The van der Waals surface area contributed by atoms with Crippen molar-refractivity contribution in [3.8, 4) is 0 Å². The Balaban J connectivity index is 1.97. The maximum atomic E-state index is 12.1. The third-order valence-electron chi connectivity index (χ3n) is 2.60. The van der Waals surface area contributed by atoms with Crippen LogP contribution >= 0.6 is 11.6 Å². The number of rotatable bonds is 6. The van der Waals surface area contributed by atoms with Gasteiger partial charge in [0.2, 0.25) is 10.0 Å². The summed E-state index contributed by atoms with van der Waals surface area (Å²) < 4.78 is 28.4. The number of aryl methyl sites for hydroxylation is 1. The molecule has 0 radical (unpaired) electrons. The van der Waals surface area contributed by atoms with E-state index in [0.717, 1.165) is 0 Å². The molecule has 0 aliphatic rings. The minimum absolute atomic E-state index is 0.0533. The maximum Gasteiger partial charge on any atom is 0.242 e. The van der Waals surface area contributed by atoms with E-state index in [0.29, 0.717) is 13.0 Å². The number of halogens is 1. The summed E-state index contributed by atoms with van der Waals surface area (Å²) in [6, 6.07) is 1.12. The van der Waals surface area contributed by atoms with Crippen LogP contribution in [-0.2, 0) is 16.6 Å². The van der Waals surface area contributed by atoms with Gasteiger partial charge in [0.05, 0.1) is 5.02 Å². The zero-order chi connectivity index (χ0) is 14.6. The second-order valence-electron chi connectivity index (χ2n) is 4.31. The Bertz CT molecular complexity index is 659. The molecule has 0 aromatic carbocycles. The number of hydrogen-bond acceptors (Lipinski definition) is 5. The van der Waals surface area contributed by atoms with Gasteiger partial charge in [0, 0.05) is 25.0 Å². The van der Waals surface area contributed by atoms with Gasteiger partial charge in [-0.25, -0.2) is 18.1 Å². The zero-order valence-electron chi connectivity index (χ0n) is 10.8. The summed E-state index contributed by atoms with van der Waals surface area (Å²) in [4.78, 5) is 7.65. The molecule has 0 bridgehead atoms. The van der Waals surface area contributed by atoms with Gasteiger partial charge in [-0.15, -0.1) is 0 Å². The number of sulfonamides is 1. The molecule has 7 nitrogen and oxygen atoms in total. The van der Waals surface area contributed by atoms with E-state index in [1.807, 2.05) is 0 Å². The van der Waals surface area contributed by atoms with Gasteiger partial charge in [0.25, 0.3) is 0 Å². The number of nitrogens with one attached hydrogen (secondary N) is 1. The molecule has 0 unspecified atom stereocenters. The highest BCUT2D eigenvalue weighted by atomic mass is 35.5. The maximum absolute atomic E-state index is 12.1. The van der Waals surface area contributed by atoms with Crippen LogP contribution in [0.5, 0.6) is 0 Å². The molecule has 0 saturated heterocycles. The average Bonchev–Trinajstić information content (AvgIpc) is 2.89. The first-order chi connectivity index (χ1) is 9.47. The Hall–Kier alpha value is -1.51. The number of pyridine rings is 1. The van der Waals surface area contributed by atoms with E-state index < -0.39 is 10.0 Å². The largest absolute Gasteiger partial charge is 0.262 e. The summed E-state index contributed by atoms with van der Waals surface area (Å²) in [7, 11) is -3.62.